The van der Waals surface area contributed by atoms with Crippen molar-refractivity contribution in [2.24, 2.45) is 23.7 Å². The Bertz CT molecular complexity index is 1070. The molecule has 5 N–H and O–H groups in total. The Balaban J connectivity index is 1.76. The predicted octanol–water partition coefficient (Wildman–Crippen LogP) is 4.31. The first kappa shape index (κ1) is 35.3. The number of amides is 1. The zero-order chi connectivity index (χ0) is 31.4. The minimum absolute atomic E-state index is 0.0214. The van der Waals surface area contributed by atoms with Gasteiger partial charge in [0, 0.05) is 24.9 Å². The molecule has 9 nitrogen and oxygen atoms in total. The Kier molecular flexibility index (Phi) is 14.5. The lowest BCUT2D eigenvalue weighted by Crippen LogP contribution is -2.36. The molecule has 1 aromatic carbocycles. The van der Waals surface area contributed by atoms with Crippen molar-refractivity contribution in [3.63, 3.8) is 0 Å². The molecule has 42 heavy (non-hydrogen) atoms. The number of phenolic OH excluding ortho intramolecular Hbond substituents is 1. The van der Waals surface area contributed by atoms with E-state index in [0.717, 1.165) is 6.42 Å². The maximum absolute atomic E-state index is 12.5. The number of cyclic esters (lactones) is 1. The molecule has 1 aliphatic heterocycles. The first-order chi connectivity index (χ1) is 19.9. The van der Waals surface area contributed by atoms with Crippen LogP contribution in [0.3, 0.4) is 0 Å². The third kappa shape index (κ3) is 10.1. The van der Waals surface area contributed by atoms with Crippen LogP contribution >= 0.6 is 0 Å². The number of aromatic hydroxyl groups is 1. The number of nitrogens with one attached hydrogen (secondary N) is 1. The fourth-order valence-electron chi connectivity index (χ4n) is 5.18. The fourth-order valence-corrected chi connectivity index (χ4v) is 5.18. The van der Waals surface area contributed by atoms with Gasteiger partial charge in [0.1, 0.15) is 23.2 Å². The molecule has 1 amide bonds. The molecule has 0 aromatic heterocycles. The molecular formula is C33H51NO8. The largest absolute Gasteiger partial charge is 0.507 e. The molecule has 1 aliphatic rings. The quantitative estimate of drug-likeness (QED) is 0.134. The van der Waals surface area contributed by atoms with Gasteiger partial charge < -0.3 is 35.2 Å². The van der Waals surface area contributed by atoms with E-state index in [1.165, 1.54) is 13.2 Å². The van der Waals surface area contributed by atoms with Gasteiger partial charge in [0.2, 0.25) is 5.91 Å². The smallest absolute Gasteiger partial charge is 0.342 e. The van der Waals surface area contributed by atoms with Crippen LogP contribution < -0.4 is 10.1 Å². The van der Waals surface area contributed by atoms with E-state index in [4.69, 9.17) is 9.47 Å². The lowest BCUT2D eigenvalue weighted by Gasteiger charge is -2.29. The van der Waals surface area contributed by atoms with Crippen LogP contribution in [0.2, 0.25) is 0 Å². The average molecular weight is 590 g/mol. The average Bonchev–Trinajstić information content (AvgIpc) is 2.96. The van der Waals surface area contributed by atoms with E-state index in [2.05, 4.69) is 5.32 Å². The number of carbonyl (C=O) groups excluding carboxylic acids is 2. The Labute approximate surface area is 250 Å². The maximum Gasteiger partial charge on any atom is 0.342 e. The van der Waals surface area contributed by atoms with E-state index in [1.54, 1.807) is 13.0 Å². The van der Waals surface area contributed by atoms with Gasteiger partial charge in [-0.05, 0) is 49.1 Å². The van der Waals surface area contributed by atoms with Crippen LogP contribution in [0.5, 0.6) is 11.5 Å². The Morgan fingerprint density at radius 2 is 1.71 bits per heavy atom. The number of carbonyl (C=O) groups is 2. The third-order valence-corrected chi connectivity index (χ3v) is 8.35. The molecule has 9 heteroatoms. The standard InChI is InChI=1S/C33H51NO8/c1-7-12-26(35)23(5)32(39)34-16-11-10-14-21(3)31(38)22(4)27(36)15-9-8-13-20(2)29-18-24-17-25(41-6)19-28(37)30(24)33(40)42-29/h8-11,17,19-23,26-27,29,31,35-38H,7,12-16,18H2,1-6H3,(H,34,39)/b9-8+,11-10+. The Hall–Kier alpha value is -2.88. The van der Waals surface area contributed by atoms with E-state index in [-0.39, 0.29) is 41.1 Å². The molecule has 8 atom stereocenters. The number of phenols is 1. The molecule has 8 unspecified atom stereocenters. The number of methoxy groups -OCH3 is 1. The van der Waals surface area contributed by atoms with Crippen molar-refractivity contribution < 1.29 is 39.5 Å². The molecule has 0 fully saturated rings. The maximum atomic E-state index is 12.5. The monoisotopic (exact) mass is 589 g/mol. The molecule has 1 heterocycles. The van der Waals surface area contributed by atoms with Crippen molar-refractivity contribution in [2.45, 2.75) is 97.6 Å². The minimum Gasteiger partial charge on any atom is -0.507 e. The van der Waals surface area contributed by atoms with Gasteiger partial charge in [0.25, 0.3) is 0 Å². The van der Waals surface area contributed by atoms with Crippen molar-refractivity contribution >= 4 is 11.9 Å². The molecule has 0 spiro atoms. The fraction of sp³-hybridized carbons (Fsp3) is 0.636. The van der Waals surface area contributed by atoms with Gasteiger partial charge in [0.15, 0.2) is 0 Å². The van der Waals surface area contributed by atoms with Crippen LogP contribution in [0.25, 0.3) is 0 Å². The van der Waals surface area contributed by atoms with E-state index in [9.17, 15) is 30.0 Å². The van der Waals surface area contributed by atoms with E-state index in [0.29, 0.717) is 50.0 Å². The first-order valence-corrected chi connectivity index (χ1v) is 15.1. The van der Waals surface area contributed by atoms with E-state index >= 15 is 0 Å². The molecule has 0 saturated carbocycles. The number of ether oxygens (including phenoxy) is 2. The summed E-state index contributed by atoms with van der Waals surface area (Å²) < 4.78 is 10.8. The summed E-state index contributed by atoms with van der Waals surface area (Å²) in [4.78, 5) is 24.6. The third-order valence-electron chi connectivity index (χ3n) is 8.35. The second-order valence-corrected chi connectivity index (χ2v) is 11.7. The SMILES string of the molecule is CCCC(O)C(C)C(=O)NC/C=C/CC(C)C(O)C(C)C(O)C/C=C/CC(C)C1Cc2cc(OC)cc(O)c2C(=O)O1. The summed E-state index contributed by atoms with van der Waals surface area (Å²) in [5, 5.41) is 44.4. The molecule has 1 aromatic rings. The van der Waals surface area contributed by atoms with Crippen LogP contribution in [0.1, 0.15) is 82.6 Å². The Morgan fingerprint density at radius 1 is 1.05 bits per heavy atom. The molecule has 0 radical (unpaired) electrons. The van der Waals surface area contributed by atoms with E-state index in [1.807, 2.05) is 52.0 Å². The van der Waals surface area contributed by atoms with Crippen LogP contribution in [0.4, 0.5) is 0 Å². The Morgan fingerprint density at radius 3 is 2.38 bits per heavy atom. The molecule has 2 rings (SSSR count). The molecule has 236 valence electrons. The van der Waals surface area contributed by atoms with Crippen LogP contribution in [0, 0.1) is 23.7 Å². The van der Waals surface area contributed by atoms with Gasteiger partial charge in [-0.2, -0.15) is 0 Å². The van der Waals surface area contributed by atoms with Crippen LogP contribution in [-0.4, -0.2) is 70.4 Å². The van der Waals surface area contributed by atoms with Gasteiger partial charge in [-0.15, -0.1) is 0 Å². The number of aliphatic hydroxyl groups is 3. The van der Waals surface area contributed by atoms with Gasteiger partial charge >= 0.3 is 5.97 Å². The van der Waals surface area contributed by atoms with Crippen molar-refractivity contribution in [1.29, 1.82) is 0 Å². The highest BCUT2D eigenvalue weighted by Crippen LogP contribution is 2.35. The molecule has 0 aliphatic carbocycles. The van der Waals surface area contributed by atoms with Crippen molar-refractivity contribution in [3.05, 3.63) is 47.6 Å². The summed E-state index contributed by atoms with van der Waals surface area (Å²) in [5.74, 6) is -1.24. The summed E-state index contributed by atoms with van der Waals surface area (Å²) in [6, 6.07) is 3.16. The number of esters is 1. The molecule has 0 saturated heterocycles. The summed E-state index contributed by atoms with van der Waals surface area (Å²) in [5.41, 5.74) is 0.892. The highest BCUT2D eigenvalue weighted by atomic mass is 16.5. The second-order valence-electron chi connectivity index (χ2n) is 11.7. The zero-order valence-electron chi connectivity index (χ0n) is 26.0. The first-order valence-electron chi connectivity index (χ1n) is 15.1. The summed E-state index contributed by atoms with van der Waals surface area (Å²) in [6.07, 6.45) is 8.72. The van der Waals surface area contributed by atoms with Gasteiger partial charge in [-0.1, -0.05) is 65.3 Å². The van der Waals surface area contributed by atoms with Gasteiger partial charge in [0.05, 0.1) is 31.3 Å². The second kappa shape index (κ2) is 17.3. The van der Waals surface area contributed by atoms with Crippen molar-refractivity contribution in [2.75, 3.05) is 13.7 Å². The zero-order valence-corrected chi connectivity index (χ0v) is 26.0. The molecule has 0 bridgehead atoms. The number of rotatable bonds is 17. The summed E-state index contributed by atoms with van der Waals surface area (Å²) in [6.45, 7) is 9.80. The highest BCUT2D eigenvalue weighted by Gasteiger charge is 2.32. The van der Waals surface area contributed by atoms with Crippen molar-refractivity contribution in [3.8, 4) is 11.5 Å². The highest BCUT2D eigenvalue weighted by molar-refractivity contribution is 5.95. The normalized spacial score (nSPS) is 20.3. The van der Waals surface area contributed by atoms with Crippen molar-refractivity contribution in [1.82, 2.24) is 5.32 Å². The number of benzene rings is 1. The number of aliphatic hydroxyl groups excluding tert-OH is 3. The topological polar surface area (TPSA) is 146 Å². The van der Waals surface area contributed by atoms with Gasteiger partial charge in [-0.25, -0.2) is 4.79 Å². The van der Waals surface area contributed by atoms with Gasteiger partial charge in [-0.3, -0.25) is 4.79 Å². The lowest BCUT2D eigenvalue weighted by molar-refractivity contribution is -0.127. The lowest BCUT2D eigenvalue weighted by atomic mass is 9.86. The van der Waals surface area contributed by atoms with E-state index < -0.39 is 30.2 Å². The number of allylic oxidation sites excluding steroid dienone is 2. The number of hydrogen-bond donors (Lipinski definition) is 5. The predicted molar refractivity (Wildman–Crippen MR) is 162 cm³/mol. The minimum atomic E-state index is -0.719. The summed E-state index contributed by atoms with van der Waals surface area (Å²) in [7, 11) is 1.51. The number of hydrogen-bond acceptors (Lipinski definition) is 8. The summed E-state index contributed by atoms with van der Waals surface area (Å²) >= 11 is 0. The van der Waals surface area contributed by atoms with Crippen LogP contribution in [0.15, 0.2) is 36.4 Å². The van der Waals surface area contributed by atoms with Crippen LogP contribution in [-0.2, 0) is 16.0 Å². The molecular weight excluding hydrogens is 538 g/mol. The number of fused-ring (bicyclic) bond motifs is 1.